The Balaban J connectivity index is 1.61. The zero-order valence-corrected chi connectivity index (χ0v) is 15.9. The third kappa shape index (κ3) is 4.34. The number of hydrogen-bond donors (Lipinski definition) is 0. The van der Waals surface area contributed by atoms with Gasteiger partial charge in [-0.25, -0.2) is 0 Å². The van der Waals surface area contributed by atoms with E-state index in [-0.39, 0.29) is 12.4 Å². The van der Waals surface area contributed by atoms with E-state index < -0.39 is 0 Å². The third-order valence-electron chi connectivity index (χ3n) is 4.45. The van der Waals surface area contributed by atoms with Gasteiger partial charge in [-0.05, 0) is 61.7 Å². The molecule has 6 heteroatoms. The van der Waals surface area contributed by atoms with Crippen LogP contribution < -0.4 is 9.47 Å². The molecule has 0 bridgehead atoms. The number of carbonyl (C=O) groups excluding carboxylic acids is 1. The average Bonchev–Trinajstić information content (AvgIpc) is 3.16. The number of aryl methyl sites for hydroxylation is 3. The molecule has 0 amide bonds. The van der Waals surface area contributed by atoms with Crippen LogP contribution in [0.2, 0.25) is 0 Å². The predicted octanol–water partition coefficient (Wildman–Crippen LogP) is 4.21. The van der Waals surface area contributed by atoms with Crippen molar-refractivity contribution in [3.05, 3.63) is 59.0 Å². The van der Waals surface area contributed by atoms with Crippen LogP contribution in [0.3, 0.4) is 0 Å². The van der Waals surface area contributed by atoms with Crippen LogP contribution in [0, 0.1) is 20.8 Å². The molecule has 27 heavy (non-hydrogen) atoms. The molecule has 0 unspecified atom stereocenters. The van der Waals surface area contributed by atoms with Gasteiger partial charge in [-0.1, -0.05) is 17.3 Å². The summed E-state index contributed by atoms with van der Waals surface area (Å²) in [4.78, 5) is 16.6. The van der Waals surface area contributed by atoms with E-state index in [9.17, 15) is 4.79 Å². The van der Waals surface area contributed by atoms with Gasteiger partial charge in [0, 0.05) is 12.0 Å². The molecule has 0 atom stereocenters. The molecule has 6 nitrogen and oxygen atoms in total. The van der Waals surface area contributed by atoms with Gasteiger partial charge in [-0.2, -0.15) is 4.98 Å². The number of methoxy groups -OCH3 is 1. The van der Waals surface area contributed by atoms with Crippen molar-refractivity contribution in [3.63, 3.8) is 0 Å². The van der Waals surface area contributed by atoms with Crippen LogP contribution in [-0.2, 0) is 11.2 Å². The molecule has 0 spiro atoms. The topological polar surface area (TPSA) is 74.5 Å². The van der Waals surface area contributed by atoms with Gasteiger partial charge < -0.3 is 14.0 Å². The van der Waals surface area contributed by atoms with Crippen molar-refractivity contribution in [1.29, 1.82) is 0 Å². The molecule has 0 aliphatic rings. The Morgan fingerprint density at radius 2 is 1.74 bits per heavy atom. The highest BCUT2D eigenvalue weighted by atomic mass is 16.5. The summed E-state index contributed by atoms with van der Waals surface area (Å²) in [6.07, 6.45) is 0.489. The lowest BCUT2D eigenvalue weighted by Gasteiger charge is -2.12. The molecule has 0 saturated carbocycles. The maximum atomic E-state index is 12.2. The van der Waals surface area contributed by atoms with Gasteiger partial charge in [0.05, 0.1) is 13.5 Å². The Morgan fingerprint density at radius 3 is 2.44 bits per heavy atom. The van der Waals surface area contributed by atoms with E-state index in [2.05, 4.69) is 10.1 Å². The second-order valence-corrected chi connectivity index (χ2v) is 6.37. The smallest absolute Gasteiger partial charge is 0.311 e. The van der Waals surface area contributed by atoms with Crippen molar-refractivity contribution < 1.29 is 18.8 Å². The van der Waals surface area contributed by atoms with Gasteiger partial charge >= 0.3 is 5.97 Å². The normalized spacial score (nSPS) is 10.7. The lowest BCUT2D eigenvalue weighted by atomic mass is 10.1. The largest absolute Gasteiger partial charge is 0.497 e. The minimum absolute atomic E-state index is 0.164. The molecule has 0 saturated heterocycles. The maximum Gasteiger partial charge on any atom is 0.311 e. The summed E-state index contributed by atoms with van der Waals surface area (Å²) in [5.41, 5.74) is 3.82. The number of aromatic nitrogens is 2. The quantitative estimate of drug-likeness (QED) is 0.481. The Labute approximate surface area is 158 Å². The van der Waals surface area contributed by atoms with E-state index in [0.717, 1.165) is 28.0 Å². The van der Waals surface area contributed by atoms with E-state index in [0.29, 0.717) is 23.9 Å². The van der Waals surface area contributed by atoms with Crippen molar-refractivity contribution in [3.8, 4) is 22.9 Å². The summed E-state index contributed by atoms with van der Waals surface area (Å²) in [5.74, 6) is 1.94. The number of hydrogen-bond acceptors (Lipinski definition) is 6. The fourth-order valence-corrected chi connectivity index (χ4v) is 2.67. The predicted molar refractivity (Wildman–Crippen MR) is 101 cm³/mol. The van der Waals surface area contributed by atoms with Crippen molar-refractivity contribution in [2.75, 3.05) is 7.11 Å². The molecule has 140 valence electrons. The van der Waals surface area contributed by atoms with Crippen molar-refractivity contribution >= 4 is 5.97 Å². The van der Waals surface area contributed by atoms with Crippen LogP contribution in [0.5, 0.6) is 11.5 Å². The number of ether oxygens (including phenoxy) is 2. The molecular weight excluding hydrogens is 344 g/mol. The number of esters is 1. The highest BCUT2D eigenvalue weighted by Gasteiger charge is 2.14. The van der Waals surface area contributed by atoms with E-state index in [4.69, 9.17) is 14.0 Å². The number of nitrogens with zero attached hydrogens (tertiary/aromatic N) is 2. The third-order valence-corrected chi connectivity index (χ3v) is 4.45. The first-order chi connectivity index (χ1) is 13.0. The molecule has 3 rings (SSSR count). The van der Waals surface area contributed by atoms with Gasteiger partial charge in [-0.15, -0.1) is 0 Å². The summed E-state index contributed by atoms with van der Waals surface area (Å²) in [5, 5.41) is 3.96. The van der Waals surface area contributed by atoms with Crippen LogP contribution in [0.4, 0.5) is 0 Å². The second kappa shape index (κ2) is 8.03. The highest BCUT2D eigenvalue weighted by Crippen LogP contribution is 2.26. The number of rotatable bonds is 6. The Bertz CT molecular complexity index is 945. The van der Waals surface area contributed by atoms with Gasteiger partial charge in [0.25, 0.3) is 0 Å². The van der Waals surface area contributed by atoms with E-state index >= 15 is 0 Å². The number of benzene rings is 2. The summed E-state index contributed by atoms with van der Waals surface area (Å²) < 4.78 is 15.9. The second-order valence-electron chi connectivity index (χ2n) is 6.37. The first-order valence-electron chi connectivity index (χ1n) is 8.72. The van der Waals surface area contributed by atoms with Crippen LogP contribution in [0.1, 0.15) is 29.0 Å². The lowest BCUT2D eigenvalue weighted by Crippen LogP contribution is -2.11. The van der Waals surface area contributed by atoms with Gasteiger partial charge in [0.15, 0.2) is 0 Å². The highest BCUT2D eigenvalue weighted by molar-refractivity contribution is 5.73. The van der Waals surface area contributed by atoms with E-state index in [1.807, 2.05) is 57.2 Å². The minimum Gasteiger partial charge on any atom is -0.497 e. The molecule has 3 aromatic rings. The average molecular weight is 366 g/mol. The van der Waals surface area contributed by atoms with Crippen molar-refractivity contribution in [2.45, 2.75) is 33.6 Å². The monoisotopic (exact) mass is 366 g/mol. The molecule has 1 aromatic heterocycles. The molecule has 0 N–H and O–H groups in total. The summed E-state index contributed by atoms with van der Waals surface area (Å²) in [6.45, 7) is 5.86. The van der Waals surface area contributed by atoms with Gasteiger partial charge in [0.2, 0.25) is 11.7 Å². The van der Waals surface area contributed by atoms with Gasteiger partial charge in [-0.3, -0.25) is 4.79 Å². The molecular formula is C21H22N2O4. The Hall–Kier alpha value is -3.15. The van der Waals surface area contributed by atoms with Crippen LogP contribution in [0.15, 0.2) is 40.9 Å². The van der Waals surface area contributed by atoms with Crippen LogP contribution in [0.25, 0.3) is 11.4 Å². The molecule has 0 aliphatic carbocycles. The van der Waals surface area contributed by atoms with Crippen molar-refractivity contribution in [2.24, 2.45) is 0 Å². The first-order valence-corrected chi connectivity index (χ1v) is 8.72. The summed E-state index contributed by atoms with van der Waals surface area (Å²) >= 11 is 0. The zero-order valence-electron chi connectivity index (χ0n) is 15.9. The van der Waals surface area contributed by atoms with Crippen LogP contribution >= 0.6 is 0 Å². The Kier molecular flexibility index (Phi) is 5.54. The summed E-state index contributed by atoms with van der Waals surface area (Å²) in [6, 6.07) is 11.3. The fraction of sp³-hybridized carbons (Fsp3) is 0.286. The lowest BCUT2D eigenvalue weighted by molar-refractivity contribution is -0.134. The first kappa shape index (κ1) is 18.6. The van der Waals surface area contributed by atoms with Gasteiger partial charge in [0.1, 0.15) is 11.5 Å². The molecule has 1 heterocycles. The molecule has 2 aromatic carbocycles. The van der Waals surface area contributed by atoms with Crippen LogP contribution in [-0.4, -0.2) is 23.2 Å². The maximum absolute atomic E-state index is 12.2. The standard InChI is InChI=1S/C21H22N2O4/c1-13-5-6-14(2)20(15(13)3)26-19(24)12-11-18-22-21(23-27-18)16-7-9-17(25-4)10-8-16/h5-10H,11-12H2,1-4H3. The fourth-order valence-electron chi connectivity index (χ4n) is 2.67. The van der Waals surface area contributed by atoms with Crippen molar-refractivity contribution in [1.82, 2.24) is 10.1 Å². The Morgan fingerprint density at radius 1 is 1.04 bits per heavy atom. The van der Waals surface area contributed by atoms with E-state index in [1.165, 1.54) is 0 Å². The minimum atomic E-state index is -0.323. The zero-order chi connectivity index (χ0) is 19.4. The molecule has 0 fully saturated rings. The SMILES string of the molecule is COc1ccc(-c2noc(CCC(=O)Oc3c(C)ccc(C)c3C)n2)cc1. The molecule has 0 aliphatic heterocycles. The molecule has 0 radical (unpaired) electrons. The van der Waals surface area contributed by atoms with E-state index in [1.54, 1.807) is 7.11 Å². The summed E-state index contributed by atoms with van der Waals surface area (Å²) in [7, 11) is 1.61. The number of carbonyl (C=O) groups is 1.